The van der Waals surface area contributed by atoms with Gasteiger partial charge in [-0.15, -0.1) is 0 Å². The molecule has 1 aromatic carbocycles. The number of aromatic nitrogens is 1. The fraction of sp³-hybridized carbons (Fsp3) is 0.0769. The molecule has 19 heavy (non-hydrogen) atoms. The molecule has 0 aliphatic heterocycles. The number of hydrogen-bond acceptors (Lipinski definition) is 5. The third-order valence-electron chi connectivity index (χ3n) is 2.49. The molecular weight excluding hydrogens is 246 g/mol. The van der Waals surface area contributed by atoms with Crippen molar-refractivity contribution in [1.29, 1.82) is 0 Å². The molecule has 1 heterocycles. The van der Waals surface area contributed by atoms with Crippen LogP contribution < -0.4 is 16.2 Å². The molecule has 2 rings (SSSR count). The Kier molecular flexibility index (Phi) is 3.63. The van der Waals surface area contributed by atoms with Gasteiger partial charge in [-0.05, 0) is 18.2 Å². The van der Waals surface area contributed by atoms with Crippen LogP contribution in [0.3, 0.4) is 0 Å². The number of ether oxygens (including phenoxy) is 1. The Morgan fingerprint density at radius 1 is 1.26 bits per heavy atom. The first-order valence-electron chi connectivity index (χ1n) is 5.54. The first kappa shape index (κ1) is 12.8. The first-order valence-corrected chi connectivity index (χ1v) is 5.54. The number of primary amides is 1. The normalized spacial score (nSPS) is 10.2. The Bertz CT molecular complexity index is 614. The average Bonchev–Trinajstić information content (AvgIpc) is 2.41. The Labute approximate surface area is 109 Å². The van der Waals surface area contributed by atoms with Crippen molar-refractivity contribution in [3.8, 4) is 11.6 Å². The van der Waals surface area contributed by atoms with Crippen LogP contribution >= 0.6 is 0 Å². The number of nitrogen functional groups attached to an aromatic ring is 1. The molecule has 0 saturated carbocycles. The number of carbonyl (C=O) groups is 1. The lowest BCUT2D eigenvalue weighted by molar-refractivity contribution is 0.0995. The van der Waals surface area contributed by atoms with Gasteiger partial charge in [0.15, 0.2) is 0 Å². The lowest BCUT2D eigenvalue weighted by Gasteiger charge is -2.10. The van der Waals surface area contributed by atoms with Gasteiger partial charge in [0.25, 0.3) is 5.91 Å². The average molecular weight is 259 g/mol. The largest absolute Gasteiger partial charge is 0.437 e. The predicted molar refractivity (Wildman–Crippen MR) is 69.6 cm³/mol. The predicted octanol–water partition coefficient (Wildman–Crippen LogP) is 1.05. The summed E-state index contributed by atoms with van der Waals surface area (Å²) < 4.78 is 5.52. The topological polar surface area (TPSA) is 111 Å². The quantitative estimate of drug-likeness (QED) is 0.759. The Hall–Kier alpha value is -2.60. The fourth-order valence-corrected chi connectivity index (χ4v) is 1.51. The van der Waals surface area contributed by atoms with Crippen LogP contribution in [-0.4, -0.2) is 16.0 Å². The van der Waals surface area contributed by atoms with Crippen LogP contribution in [0.25, 0.3) is 0 Å². The van der Waals surface area contributed by atoms with Gasteiger partial charge >= 0.3 is 0 Å². The second-order valence-corrected chi connectivity index (χ2v) is 3.82. The maximum Gasteiger partial charge on any atom is 0.267 e. The van der Waals surface area contributed by atoms with Crippen LogP contribution in [-0.2, 0) is 6.61 Å². The van der Waals surface area contributed by atoms with Crippen LogP contribution in [0.15, 0.2) is 36.4 Å². The summed E-state index contributed by atoms with van der Waals surface area (Å²) in [6.45, 7) is -0.175. The molecule has 0 atom stereocenters. The number of anilines is 1. The zero-order valence-corrected chi connectivity index (χ0v) is 10.0. The second-order valence-electron chi connectivity index (χ2n) is 3.82. The molecule has 0 saturated heterocycles. The number of nitrogens with two attached hydrogens (primary N) is 2. The summed E-state index contributed by atoms with van der Waals surface area (Å²) in [5, 5.41) is 9.20. The van der Waals surface area contributed by atoms with Crippen molar-refractivity contribution in [2.45, 2.75) is 6.61 Å². The monoisotopic (exact) mass is 259 g/mol. The van der Waals surface area contributed by atoms with Crippen LogP contribution in [0.1, 0.15) is 16.1 Å². The smallest absolute Gasteiger partial charge is 0.267 e. The highest BCUT2D eigenvalue weighted by atomic mass is 16.5. The van der Waals surface area contributed by atoms with Gasteiger partial charge in [0.05, 0.1) is 12.3 Å². The Balaban J connectivity index is 2.37. The molecule has 5 N–H and O–H groups in total. The van der Waals surface area contributed by atoms with Gasteiger partial charge in [-0.1, -0.05) is 18.2 Å². The minimum absolute atomic E-state index is 0.0608. The van der Waals surface area contributed by atoms with Crippen molar-refractivity contribution in [2.75, 3.05) is 5.73 Å². The van der Waals surface area contributed by atoms with E-state index in [0.29, 0.717) is 11.3 Å². The van der Waals surface area contributed by atoms with Gasteiger partial charge in [-0.3, -0.25) is 4.79 Å². The number of carbonyl (C=O) groups excluding carboxylic acids is 1. The SMILES string of the molecule is NC(=O)c1ccc(N)c(Oc2ccccc2CO)n1. The van der Waals surface area contributed by atoms with E-state index < -0.39 is 5.91 Å². The molecular formula is C13H13N3O3. The van der Waals surface area contributed by atoms with Crippen molar-refractivity contribution in [3.63, 3.8) is 0 Å². The summed E-state index contributed by atoms with van der Waals surface area (Å²) in [6, 6.07) is 9.82. The van der Waals surface area contributed by atoms with Gasteiger partial charge in [0.1, 0.15) is 11.4 Å². The highest BCUT2D eigenvalue weighted by Crippen LogP contribution is 2.28. The summed E-state index contributed by atoms with van der Waals surface area (Å²) >= 11 is 0. The van der Waals surface area contributed by atoms with E-state index in [1.54, 1.807) is 24.3 Å². The number of rotatable bonds is 4. The summed E-state index contributed by atoms with van der Waals surface area (Å²) in [5.41, 5.74) is 11.8. The summed E-state index contributed by atoms with van der Waals surface area (Å²) in [5.74, 6) is -0.164. The number of hydrogen-bond donors (Lipinski definition) is 3. The van der Waals surface area contributed by atoms with Crippen molar-refractivity contribution >= 4 is 11.6 Å². The maximum absolute atomic E-state index is 11.1. The lowest BCUT2D eigenvalue weighted by Crippen LogP contribution is -2.13. The Morgan fingerprint density at radius 3 is 2.68 bits per heavy atom. The molecule has 0 radical (unpaired) electrons. The lowest BCUT2D eigenvalue weighted by atomic mass is 10.2. The molecule has 0 aliphatic rings. The molecule has 6 heteroatoms. The fourth-order valence-electron chi connectivity index (χ4n) is 1.51. The summed E-state index contributed by atoms with van der Waals surface area (Å²) in [4.78, 5) is 15.0. The van der Waals surface area contributed by atoms with Crippen LogP contribution in [0, 0.1) is 0 Å². The summed E-state index contributed by atoms with van der Waals surface area (Å²) in [7, 11) is 0. The molecule has 6 nitrogen and oxygen atoms in total. The number of amides is 1. The van der Waals surface area contributed by atoms with E-state index in [1.807, 2.05) is 0 Å². The molecule has 0 spiro atoms. The van der Waals surface area contributed by atoms with Crippen LogP contribution in [0.5, 0.6) is 11.6 Å². The highest BCUT2D eigenvalue weighted by Gasteiger charge is 2.11. The van der Waals surface area contributed by atoms with Crippen molar-refractivity contribution < 1.29 is 14.6 Å². The number of benzene rings is 1. The number of para-hydroxylation sites is 1. The van der Waals surface area contributed by atoms with E-state index in [0.717, 1.165) is 0 Å². The van der Waals surface area contributed by atoms with E-state index in [9.17, 15) is 9.90 Å². The van der Waals surface area contributed by atoms with E-state index in [4.69, 9.17) is 16.2 Å². The maximum atomic E-state index is 11.1. The van der Waals surface area contributed by atoms with Crippen LogP contribution in [0.4, 0.5) is 5.69 Å². The zero-order valence-electron chi connectivity index (χ0n) is 10.0. The molecule has 1 amide bonds. The second kappa shape index (κ2) is 5.36. The third kappa shape index (κ3) is 2.80. The number of aliphatic hydroxyl groups excluding tert-OH is 1. The molecule has 0 unspecified atom stereocenters. The number of nitrogens with zero attached hydrogens (tertiary/aromatic N) is 1. The van der Waals surface area contributed by atoms with E-state index in [-0.39, 0.29) is 23.9 Å². The van der Waals surface area contributed by atoms with E-state index in [1.165, 1.54) is 12.1 Å². The van der Waals surface area contributed by atoms with Gasteiger partial charge in [-0.2, -0.15) is 0 Å². The third-order valence-corrected chi connectivity index (χ3v) is 2.49. The van der Waals surface area contributed by atoms with Gasteiger partial charge in [0.2, 0.25) is 5.88 Å². The number of aliphatic hydroxyl groups is 1. The van der Waals surface area contributed by atoms with Crippen molar-refractivity contribution in [2.24, 2.45) is 5.73 Å². The van der Waals surface area contributed by atoms with Gasteiger partial charge in [-0.25, -0.2) is 4.98 Å². The van der Waals surface area contributed by atoms with E-state index in [2.05, 4.69) is 4.98 Å². The zero-order chi connectivity index (χ0) is 13.8. The van der Waals surface area contributed by atoms with Crippen molar-refractivity contribution in [1.82, 2.24) is 4.98 Å². The van der Waals surface area contributed by atoms with Gasteiger partial charge < -0.3 is 21.3 Å². The van der Waals surface area contributed by atoms with Crippen molar-refractivity contribution in [3.05, 3.63) is 47.7 Å². The molecule has 98 valence electrons. The highest BCUT2D eigenvalue weighted by molar-refractivity contribution is 5.91. The number of pyridine rings is 1. The molecule has 1 aromatic heterocycles. The molecule has 0 fully saturated rings. The minimum atomic E-state index is -0.666. The minimum Gasteiger partial charge on any atom is -0.437 e. The standard InChI is InChI=1S/C13H13N3O3/c14-9-5-6-10(12(15)18)16-13(9)19-11-4-2-1-3-8(11)7-17/h1-6,17H,7,14H2,(H2,15,18). The van der Waals surface area contributed by atoms with Crippen LogP contribution in [0.2, 0.25) is 0 Å². The molecule has 0 bridgehead atoms. The molecule has 0 aliphatic carbocycles. The Morgan fingerprint density at radius 2 is 2.00 bits per heavy atom. The summed E-state index contributed by atoms with van der Waals surface area (Å²) in [6.07, 6.45) is 0. The van der Waals surface area contributed by atoms with E-state index >= 15 is 0 Å². The first-order chi connectivity index (χ1) is 9.11. The van der Waals surface area contributed by atoms with Gasteiger partial charge in [0, 0.05) is 5.56 Å². The molecule has 2 aromatic rings.